The lowest BCUT2D eigenvalue weighted by molar-refractivity contribution is 0.0594. The molecular formula is C28H33ClN2O3. The second kappa shape index (κ2) is 10.7. The van der Waals surface area contributed by atoms with Crippen molar-refractivity contribution in [2.24, 2.45) is 0 Å². The number of furan rings is 1. The first kappa shape index (κ1) is 24.4. The molecule has 1 amide bonds. The van der Waals surface area contributed by atoms with E-state index in [2.05, 4.69) is 49.9 Å². The number of ether oxygens (including phenoxy) is 1. The molecule has 1 fully saturated rings. The average Bonchev–Trinajstić information content (AvgIpc) is 3.30. The molecule has 1 aliphatic rings. The Morgan fingerprint density at radius 3 is 2.41 bits per heavy atom. The number of aryl methyl sites for hydroxylation is 2. The minimum atomic E-state index is -0.0635. The quantitative estimate of drug-likeness (QED) is 0.403. The van der Waals surface area contributed by atoms with Gasteiger partial charge < -0.3 is 14.1 Å². The highest BCUT2D eigenvalue weighted by molar-refractivity contribution is 6.31. The van der Waals surface area contributed by atoms with E-state index in [1.165, 1.54) is 11.1 Å². The second-order valence-electron chi connectivity index (χ2n) is 9.40. The van der Waals surface area contributed by atoms with Gasteiger partial charge in [-0.3, -0.25) is 9.69 Å². The molecule has 2 aromatic carbocycles. The molecule has 0 unspecified atom stereocenters. The Labute approximate surface area is 207 Å². The second-order valence-corrected chi connectivity index (χ2v) is 9.81. The number of piperazine rings is 1. The van der Waals surface area contributed by atoms with Crippen molar-refractivity contribution in [3.05, 3.63) is 87.3 Å². The monoisotopic (exact) mass is 480 g/mol. The van der Waals surface area contributed by atoms with Crippen molar-refractivity contribution in [3.8, 4) is 5.75 Å². The van der Waals surface area contributed by atoms with E-state index in [0.29, 0.717) is 24.6 Å². The Morgan fingerprint density at radius 1 is 1.03 bits per heavy atom. The van der Waals surface area contributed by atoms with Crippen LogP contribution in [0.25, 0.3) is 0 Å². The van der Waals surface area contributed by atoms with Gasteiger partial charge in [0.2, 0.25) is 0 Å². The number of rotatable bonds is 7. The van der Waals surface area contributed by atoms with Crippen LogP contribution in [0.15, 0.2) is 52.9 Å². The molecule has 0 bridgehead atoms. The summed E-state index contributed by atoms with van der Waals surface area (Å²) in [5.41, 5.74) is 4.60. The van der Waals surface area contributed by atoms with Crippen molar-refractivity contribution in [1.82, 2.24) is 9.80 Å². The van der Waals surface area contributed by atoms with Crippen molar-refractivity contribution in [2.75, 3.05) is 26.2 Å². The van der Waals surface area contributed by atoms with Crippen LogP contribution in [0.4, 0.5) is 0 Å². The van der Waals surface area contributed by atoms with Gasteiger partial charge in [-0.2, -0.15) is 0 Å². The summed E-state index contributed by atoms with van der Waals surface area (Å²) >= 11 is 6.29. The van der Waals surface area contributed by atoms with Gasteiger partial charge in [-0.25, -0.2) is 0 Å². The molecule has 0 saturated carbocycles. The van der Waals surface area contributed by atoms with Gasteiger partial charge in [-0.15, -0.1) is 0 Å². The summed E-state index contributed by atoms with van der Waals surface area (Å²) in [5.74, 6) is 2.01. The van der Waals surface area contributed by atoms with Gasteiger partial charge in [0.05, 0.1) is 0 Å². The van der Waals surface area contributed by atoms with E-state index in [4.69, 9.17) is 20.8 Å². The van der Waals surface area contributed by atoms with Gasteiger partial charge in [0.25, 0.3) is 5.91 Å². The van der Waals surface area contributed by atoms with E-state index in [0.717, 1.165) is 41.5 Å². The molecule has 5 nitrogen and oxygen atoms in total. The van der Waals surface area contributed by atoms with E-state index in [9.17, 15) is 4.79 Å². The number of carbonyl (C=O) groups excluding carboxylic acids is 1. The van der Waals surface area contributed by atoms with Crippen molar-refractivity contribution in [3.63, 3.8) is 0 Å². The fraction of sp³-hybridized carbons (Fsp3) is 0.393. The average molecular weight is 481 g/mol. The van der Waals surface area contributed by atoms with Gasteiger partial charge in [-0.05, 0) is 60.7 Å². The maximum absolute atomic E-state index is 13.0. The van der Waals surface area contributed by atoms with Crippen LogP contribution < -0.4 is 4.74 Å². The zero-order valence-electron chi connectivity index (χ0n) is 20.4. The predicted molar refractivity (Wildman–Crippen MR) is 136 cm³/mol. The highest BCUT2D eigenvalue weighted by atomic mass is 35.5. The molecule has 1 aliphatic heterocycles. The number of carbonyl (C=O) groups is 1. The first-order valence-corrected chi connectivity index (χ1v) is 12.3. The Hall–Kier alpha value is -2.76. The van der Waals surface area contributed by atoms with Crippen LogP contribution in [-0.2, 0) is 13.2 Å². The standard InChI is InChI=1S/C28H33ClN2O3/c1-19(2)24-16-25(29)21(4)15-27(24)33-18-23-9-10-26(34-23)28(32)31-13-11-30(12-14-31)17-22-7-5-20(3)6-8-22/h5-10,15-16,19H,11-14,17-18H2,1-4H3. The van der Waals surface area contributed by atoms with Gasteiger partial charge in [0.1, 0.15) is 18.1 Å². The number of nitrogens with zero attached hydrogens (tertiary/aromatic N) is 2. The molecule has 6 heteroatoms. The lowest BCUT2D eigenvalue weighted by Gasteiger charge is -2.34. The van der Waals surface area contributed by atoms with Crippen molar-refractivity contribution in [2.45, 2.75) is 46.8 Å². The van der Waals surface area contributed by atoms with Gasteiger partial charge in [0, 0.05) is 37.7 Å². The van der Waals surface area contributed by atoms with E-state index in [1.807, 2.05) is 30.0 Å². The molecule has 0 spiro atoms. The highest BCUT2D eigenvalue weighted by Gasteiger charge is 2.24. The van der Waals surface area contributed by atoms with Crippen molar-refractivity contribution >= 4 is 17.5 Å². The summed E-state index contributed by atoms with van der Waals surface area (Å²) in [6.07, 6.45) is 0. The van der Waals surface area contributed by atoms with Crippen LogP contribution in [0.2, 0.25) is 5.02 Å². The van der Waals surface area contributed by atoms with E-state index < -0.39 is 0 Å². The van der Waals surface area contributed by atoms with Gasteiger partial charge in [-0.1, -0.05) is 55.3 Å². The van der Waals surface area contributed by atoms with E-state index in [1.54, 1.807) is 6.07 Å². The maximum Gasteiger partial charge on any atom is 0.289 e. The molecule has 180 valence electrons. The van der Waals surface area contributed by atoms with Crippen molar-refractivity contribution < 1.29 is 13.9 Å². The van der Waals surface area contributed by atoms with Crippen LogP contribution >= 0.6 is 11.6 Å². The number of halogens is 1. The van der Waals surface area contributed by atoms with Crippen LogP contribution in [0.5, 0.6) is 5.75 Å². The maximum atomic E-state index is 13.0. The fourth-order valence-corrected chi connectivity index (χ4v) is 4.35. The van der Waals surface area contributed by atoms with Gasteiger partial charge >= 0.3 is 0 Å². The third-order valence-corrected chi connectivity index (χ3v) is 6.75. The third-order valence-electron chi connectivity index (χ3n) is 6.34. The SMILES string of the molecule is Cc1ccc(CN2CCN(C(=O)c3ccc(COc4cc(C)c(Cl)cc4C(C)C)o3)CC2)cc1. The van der Waals surface area contributed by atoms with E-state index in [-0.39, 0.29) is 18.4 Å². The summed E-state index contributed by atoms with van der Waals surface area (Å²) in [7, 11) is 0. The summed E-state index contributed by atoms with van der Waals surface area (Å²) < 4.78 is 11.9. The Kier molecular flexibility index (Phi) is 7.64. The Bertz CT molecular complexity index is 1130. The topological polar surface area (TPSA) is 45.9 Å². The number of hydrogen-bond donors (Lipinski definition) is 0. The number of hydrogen-bond acceptors (Lipinski definition) is 4. The molecule has 4 rings (SSSR count). The largest absolute Gasteiger partial charge is 0.485 e. The first-order chi connectivity index (χ1) is 16.3. The summed E-state index contributed by atoms with van der Waals surface area (Å²) in [4.78, 5) is 17.2. The summed E-state index contributed by atoms with van der Waals surface area (Å²) in [6.45, 7) is 12.5. The molecule has 0 radical (unpaired) electrons. The predicted octanol–water partition coefficient (Wildman–Crippen LogP) is 6.21. The molecule has 1 aromatic heterocycles. The minimum absolute atomic E-state index is 0.0635. The highest BCUT2D eigenvalue weighted by Crippen LogP contribution is 2.32. The Balaban J connectivity index is 1.32. The third kappa shape index (κ3) is 5.83. The summed E-state index contributed by atoms with van der Waals surface area (Å²) in [6, 6.07) is 16.1. The van der Waals surface area contributed by atoms with E-state index >= 15 is 0 Å². The lowest BCUT2D eigenvalue weighted by atomic mass is 10.0. The smallest absolute Gasteiger partial charge is 0.289 e. The minimum Gasteiger partial charge on any atom is -0.485 e. The zero-order chi connectivity index (χ0) is 24.2. The van der Waals surface area contributed by atoms with Crippen LogP contribution in [-0.4, -0.2) is 41.9 Å². The van der Waals surface area contributed by atoms with Gasteiger partial charge in [0.15, 0.2) is 5.76 Å². The molecule has 2 heterocycles. The zero-order valence-corrected chi connectivity index (χ0v) is 21.2. The number of benzene rings is 2. The van der Waals surface area contributed by atoms with Crippen LogP contribution in [0.3, 0.4) is 0 Å². The van der Waals surface area contributed by atoms with Crippen LogP contribution in [0.1, 0.15) is 58.3 Å². The molecule has 3 aromatic rings. The number of amides is 1. The Morgan fingerprint density at radius 2 is 1.74 bits per heavy atom. The summed E-state index contributed by atoms with van der Waals surface area (Å²) in [5, 5.41) is 0.737. The molecule has 1 saturated heterocycles. The van der Waals surface area contributed by atoms with Crippen LogP contribution in [0, 0.1) is 13.8 Å². The van der Waals surface area contributed by atoms with Crippen molar-refractivity contribution in [1.29, 1.82) is 0 Å². The first-order valence-electron chi connectivity index (χ1n) is 11.9. The molecule has 0 aliphatic carbocycles. The molecule has 0 atom stereocenters. The lowest BCUT2D eigenvalue weighted by Crippen LogP contribution is -2.48. The normalized spacial score (nSPS) is 14.6. The molecule has 34 heavy (non-hydrogen) atoms. The molecule has 0 N–H and O–H groups in total. The molecular weight excluding hydrogens is 448 g/mol. The fourth-order valence-electron chi connectivity index (χ4n) is 4.18.